The van der Waals surface area contributed by atoms with Crippen LogP contribution >= 0.6 is 0 Å². The molecule has 0 fully saturated rings. The molecule has 2 atom stereocenters. The van der Waals surface area contributed by atoms with Gasteiger partial charge in [0.15, 0.2) is 0 Å². The summed E-state index contributed by atoms with van der Waals surface area (Å²) >= 11 is 0. The van der Waals surface area contributed by atoms with Gasteiger partial charge >= 0.3 is 5.97 Å². The molecule has 0 aromatic heterocycles. The molecule has 1 aliphatic heterocycles. The molecule has 0 N–H and O–H groups in total. The average molecular weight is 213 g/mol. The van der Waals surface area contributed by atoms with Crippen molar-refractivity contribution in [2.75, 3.05) is 7.11 Å². The molecule has 1 rings (SSSR count). The molecule has 0 amide bonds. The third-order valence-corrected chi connectivity index (χ3v) is 2.79. The highest BCUT2D eigenvalue weighted by molar-refractivity contribution is 5.94. The predicted octanol–water partition coefficient (Wildman–Crippen LogP) is 2.13. The van der Waals surface area contributed by atoms with E-state index in [1.807, 2.05) is 0 Å². The number of rotatable bonds is 4. The quantitative estimate of drug-likeness (QED) is 0.672. The molecule has 4 heteroatoms. The maximum atomic E-state index is 11.4. The van der Waals surface area contributed by atoms with Gasteiger partial charge in [-0.05, 0) is 19.3 Å². The number of hydrogen-bond donors (Lipinski definition) is 0. The Morgan fingerprint density at radius 1 is 1.73 bits per heavy atom. The van der Waals surface area contributed by atoms with Gasteiger partial charge in [0, 0.05) is 6.42 Å². The summed E-state index contributed by atoms with van der Waals surface area (Å²) < 4.78 is 4.69. The highest BCUT2D eigenvalue weighted by atomic mass is 16.7. The largest absolute Gasteiger partial charge is 0.466 e. The Labute approximate surface area is 90.6 Å². The van der Waals surface area contributed by atoms with Crippen molar-refractivity contribution in [3.8, 4) is 0 Å². The van der Waals surface area contributed by atoms with E-state index in [2.05, 4.69) is 23.7 Å². The molecule has 0 aromatic rings. The molecule has 0 radical (unpaired) electrons. The number of oxime groups is 1. The summed E-state index contributed by atoms with van der Waals surface area (Å²) in [5.41, 5.74) is 0.0521. The second-order valence-corrected chi connectivity index (χ2v) is 4.26. The molecule has 0 spiro atoms. The van der Waals surface area contributed by atoms with Gasteiger partial charge in [-0.1, -0.05) is 25.4 Å². The van der Waals surface area contributed by atoms with E-state index in [4.69, 9.17) is 4.84 Å². The van der Waals surface area contributed by atoms with Gasteiger partial charge in [-0.15, -0.1) is 0 Å². The summed E-state index contributed by atoms with van der Waals surface area (Å²) in [5.74, 6) is 0.0198. The summed E-state index contributed by atoms with van der Waals surface area (Å²) in [6.45, 7) is 5.95. The van der Waals surface area contributed by atoms with E-state index in [-0.39, 0.29) is 5.97 Å². The molecule has 0 saturated heterocycles. The molecule has 2 unspecified atom stereocenters. The van der Waals surface area contributed by atoms with Crippen LogP contribution in [0.4, 0.5) is 0 Å². The molecular formula is C11H19NO3. The third kappa shape index (κ3) is 2.49. The Hall–Kier alpha value is -1.06. The number of carbonyl (C=O) groups excluding carboxylic acids is 1. The fraction of sp³-hybridized carbons (Fsp3) is 0.818. The van der Waals surface area contributed by atoms with Crippen LogP contribution in [0.2, 0.25) is 0 Å². The molecule has 15 heavy (non-hydrogen) atoms. The Morgan fingerprint density at radius 2 is 2.40 bits per heavy atom. The van der Waals surface area contributed by atoms with Crippen LogP contribution in [-0.2, 0) is 14.4 Å². The minimum atomic E-state index is -0.911. The monoisotopic (exact) mass is 213 g/mol. The lowest BCUT2D eigenvalue weighted by atomic mass is 9.91. The maximum Gasteiger partial charge on any atom is 0.353 e. The summed E-state index contributed by atoms with van der Waals surface area (Å²) in [6.07, 6.45) is 2.72. The van der Waals surface area contributed by atoms with Gasteiger partial charge < -0.3 is 9.57 Å². The number of hydrogen-bond acceptors (Lipinski definition) is 4. The first kappa shape index (κ1) is 12.0. The summed E-state index contributed by atoms with van der Waals surface area (Å²) in [5, 5.41) is 3.99. The Kier molecular flexibility index (Phi) is 3.72. The molecule has 4 nitrogen and oxygen atoms in total. The fourth-order valence-corrected chi connectivity index (χ4v) is 1.76. The first-order chi connectivity index (χ1) is 7.03. The van der Waals surface area contributed by atoms with Gasteiger partial charge in [0.2, 0.25) is 5.60 Å². The van der Waals surface area contributed by atoms with Crippen LogP contribution in [0.1, 0.15) is 40.0 Å². The smallest absolute Gasteiger partial charge is 0.353 e. The van der Waals surface area contributed by atoms with E-state index in [0.717, 1.165) is 18.6 Å². The first-order valence-corrected chi connectivity index (χ1v) is 5.37. The average Bonchev–Trinajstić information content (AvgIpc) is 2.61. The Morgan fingerprint density at radius 3 is 2.93 bits per heavy atom. The van der Waals surface area contributed by atoms with E-state index in [1.165, 1.54) is 7.11 Å². The van der Waals surface area contributed by atoms with Crippen molar-refractivity contribution in [2.24, 2.45) is 11.1 Å². The number of esters is 1. The SMILES string of the molecule is CCCC(C)C1=NOC(C)(C(=O)OC)C1. The lowest BCUT2D eigenvalue weighted by Gasteiger charge is -2.18. The van der Waals surface area contributed by atoms with Crippen LogP contribution in [-0.4, -0.2) is 24.4 Å². The molecule has 1 aliphatic rings. The zero-order chi connectivity index (χ0) is 11.5. The van der Waals surface area contributed by atoms with Crippen LogP contribution in [0.5, 0.6) is 0 Å². The molecule has 0 aromatic carbocycles. The standard InChI is InChI=1S/C11H19NO3/c1-5-6-8(2)9-7-11(3,15-12-9)10(13)14-4/h8H,5-7H2,1-4H3. The second kappa shape index (κ2) is 4.64. The van der Waals surface area contributed by atoms with Gasteiger partial charge in [0.05, 0.1) is 12.8 Å². The minimum absolute atomic E-state index is 0.357. The summed E-state index contributed by atoms with van der Waals surface area (Å²) in [6, 6.07) is 0. The number of methoxy groups -OCH3 is 1. The van der Waals surface area contributed by atoms with Crippen molar-refractivity contribution in [2.45, 2.75) is 45.6 Å². The van der Waals surface area contributed by atoms with Gasteiger partial charge in [0.1, 0.15) is 0 Å². The van der Waals surface area contributed by atoms with Crippen LogP contribution in [0.25, 0.3) is 0 Å². The predicted molar refractivity (Wildman–Crippen MR) is 57.6 cm³/mol. The van der Waals surface area contributed by atoms with E-state index >= 15 is 0 Å². The van der Waals surface area contributed by atoms with Crippen LogP contribution < -0.4 is 0 Å². The van der Waals surface area contributed by atoms with Crippen molar-refractivity contribution >= 4 is 11.7 Å². The number of ether oxygens (including phenoxy) is 1. The molecular weight excluding hydrogens is 194 g/mol. The zero-order valence-corrected chi connectivity index (χ0v) is 9.87. The molecule has 0 bridgehead atoms. The van der Waals surface area contributed by atoms with Crippen molar-refractivity contribution in [3.05, 3.63) is 0 Å². The summed E-state index contributed by atoms with van der Waals surface area (Å²) in [4.78, 5) is 16.6. The molecule has 0 saturated carbocycles. The zero-order valence-electron chi connectivity index (χ0n) is 9.87. The third-order valence-electron chi connectivity index (χ3n) is 2.79. The Balaban J connectivity index is 2.60. The number of nitrogens with zero attached hydrogens (tertiary/aromatic N) is 1. The minimum Gasteiger partial charge on any atom is -0.466 e. The highest BCUT2D eigenvalue weighted by Crippen LogP contribution is 2.28. The molecule has 1 heterocycles. The normalized spacial score (nSPS) is 26.8. The van der Waals surface area contributed by atoms with Crippen LogP contribution in [0.3, 0.4) is 0 Å². The first-order valence-electron chi connectivity index (χ1n) is 5.37. The lowest BCUT2D eigenvalue weighted by molar-refractivity contribution is -0.164. The van der Waals surface area contributed by atoms with E-state index in [9.17, 15) is 4.79 Å². The topological polar surface area (TPSA) is 47.9 Å². The molecule has 0 aliphatic carbocycles. The van der Waals surface area contributed by atoms with Crippen molar-refractivity contribution < 1.29 is 14.4 Å². The highest BCUT2D eigenvalue weighted by Gasteiger charge is 2.43. The van der Waals surface area contributed by atoms with Crippen molar-refractivity contribution in [3.63, 3.8) is 0 Å². The van der Waals surface area contributed by atoms with Gasteiger partial charge in [0.25, 0.3) is 0 Å². The Bertz CT molecular complexity index is 275. The van der Waals surface area contributed by atoms with E-state index in [1.54, 1.807) is 6.92 Å². The second-order valence-electron chi connectivity index (χ2n) is 4.26. The van der Waals surface area contributed by atoms with E-state index < -0.39 is 5.60 Å². The van der Waals surface area contributed by atoms with Crippen LogP contribution in [0, 0.1) is 5.92 Å². The summed E-state index contributed by atoms with van der Waals surface area (Å²) in [7, 11) is 1.37. The van der Waals surface area contributed by atoms with Crippen molar-refractivity contribution in [1.29, 1.82) is 0 Å². The lowest BCUT2D eigenvalue weighted by Crippen LogP contribution is -2.37. The van der Waals surface area contributed by atoms with Gasteiger partial charge in [-0.25, -0.2) is 4.79 Å². The van der Waals surface area contributed by atoms with Gasteiger partial charge in [-0.3, -0.25) is 0 Å². The van der Waals surface area contributed by atoms with Crippen molar-refractivity contribution in [1.82, 2.24) is 0 Å². The molecule has 86 valence electrons. The maximum absolute atomic E-state index is 11.4. The number of carbonyl (C=O) groups is 1. The van der Waals surface area contributed by atoms with Crippen LogP contribution in [0.15, 0.2) is 5.16 Å². The van der Waals surface area contributed by atoms with Gasteiger partial charge in [-0.2, -0.15) is 0 Å². The van der Waals surface area contributed by atoms with E-state index in [0.29, 0.717) is 12.3 Å². The fourth-order valence-electron chi connectivity index (χ4n) is 1.76.